The van der Waals surface area contributed by atoms with E-state index in [9.17, 15) is 26.7 Å². The Bertz CT molecular complexity index is 593. The summed E-state index contributed by atoms with van der Waals surface area (Å²) in [5, 5.41) is 9.29. The summed E-state index contributed by atoms with van der Waals surface area (Å²) in [7, 11) is -7.32. The number of hydrogen-bond acceptors (Lipinski definition) is 7. The predicted molar refractivity (Wildman–Crippen MR) is 75.2 cm³/mol. The predicted octanol–water partition coefficient (Wildman–Crippen LogP) is -0.304. The molecule has 0 aromatic heterocycles. The van der Waals surface area contributed by atoms with E-state index in [2.05, 4.69) is 0 Å². The second-order valence-corrected chi connectivity index (χ2v) is 8.99. The van der Waals surface area contributed by atoms with Crippen molar-refractivity contribution in [2.24, 2.45) is 11.8 Å². The first-order chi connectivity index (χ1) is 9.99. The Morgan fingerprint density at radius 3 is 1.64 bits per heavy atom. The van der Waals surface area contributed by atoms with E-state index >= 15 is 0 Å². The smallest absolute Gasteiger partial charge is 0.407 e. The van der Waals surface area contributed by atoms with Gasteiger partial charge < -0.3 is 10.0 Å². The SMILES string of the molecule is CS(=O)(=O)OCC1C(COS(C)(=O)=O)C2CCC1N2C(=O)O. The summed E-state index contributed by atoms with van der Waals surface area (Å²) >= 11 is 0. The summed E-state index contributed by atoms with van der Waals surface area (Å²) in [5.74, 6) is -0.822. The molecule has 0 aromatic rings. The average molecular weight is 357 g/mol. The van der Waals surface area contributed by atoms with Crippen molar-refractivity contribution in [2.75, 3.05) is 25.7 Å². The molecule has 22 heavy (non-hydrogen) atoms. The van der Waals surface area contributed by atoms with E-state index in [4.69, 9.17) is 8.37 Å². The Morgan fingerprint density at radius 2 is 1.36 bits per heavy atom. The molecule has 4 atom stereocenters. The van der Waals surface area contributed by atoms with Gasteiger partial charge in [0.1, 0.15) is 0 Å². The molecule has 2 saturated heterocycles. The van der Waals surface area contributed by atoms with Crippen molar-refractivity contribution in [1.82, 2.24) is 4.90 Å². The second kappa shape index (κ2) is 5.95. The fourth-order valence-electron chi connectivity index (χ4n) is 3.43. The van der Waals surface area contributed by atoms with Crippen LogP contribution in [0.15, 0.2) is 0 Å². The maximum Gasteiger partial charge on any atom is 0.407 e. The van der Waals surface area contributed by atoms with Crippen LogP contribution < -0.4 is 0 Å². The van der Waals surface area contributed by atoms with Gasteiger partial charge in [0.05, 0.1) is 25.7 Å². The number of amides is 1. The molecule has 1 N–H and O–H groups in total. The summed E-state index contributed by atoms with van der Waals surface area (Å²) < 4.78 is 54.2. The van der Waals surface area contributed by atoms with Gasteiger partial charge >= 0.3 is 6.09 Å². The number of hydrogen-bond donors (Lipinski definition) is 1. The lowest BCUT2D eigenvalue weighted by molar-refractivity contribution is 0.131. The van der Waals surface area contributed by atoms with E-state index in [0.717, 1.165) is 12.5 Å². The van der Waals surface area contributed by atoms with E-state index in [1.807, 2.05) is 0 Å². The quantitative estimate of drug-likeness (QED) is 0.642. The molecule has 2 rings (SSSR count). The van der Waals surface area contributed by atoms with Crippen LogP contribution in [0, 0.1) is 11.8 Å². The topological polar surface area (TPSA) is 127 Å². The number of carbonyl (C=O) groups is 1. The summed E-state index contributed by atoms with van der Waals surface area (Å²) in [6.45, 7) is -0.358. The monoisotopic (exact) mass is 357 g/mol. The lowest BCUT2D eigenvalue weighted by atomic mass is 9.80. The van der Waals surface area contributed by atoms with Gasteiger partial charge in [0.2, 0.25) is 0 Å². The molecular weight excluding hydrogens is 338 g/mol. The van der Waals surface area contributed by atoms with Gasteiger partial charge in [0, 0.05) is 23.9 Å². The molecule has 0 aliphatic carbocycles. The maximum atomic E-state index is 11.4. The zero-order valence-corrected chi connectivity index (χ0v) is 13.8. The average Bonchev–Trinajstić information content (AvgIpc) is 2.87. The molecule has 9 nitrogen and oxygen atoms in total. The minimum absolute atomic E-state index is 0.179. The third kappa shape index (κ3) is 3.89. The van der Waals surface area contributed by atoms with Gasteiger partial charge in [-0.15, -0.1) is 0 Å². The van der Waals surface area contributed by atoms with Gasteiger partial charge in [-0.05, 0) is 12.8 Å². The van der Waals surface area contributed by atoms with E-state index in [1.165, 1.54) is 4.90 Å². The molecule has 0 aromatic carbocycles. The number of rotatable bonds is 6. The molecule has 1 amide bonds. The first kappa shape index (κ1) is 17.4. The largest absolute Gasteiger partial charge is 0.465 e. The first-order valence-electron chi connectivity index (χ1n) is 6.69. The lowest BCUT2D eigenvalue weighted by Gasteiger charge is -2.27. The van der Waals surface area contributed by atoms with Crippen LogP contribution in [0.25, 0.3) is 0 Å². The van der Waals surface area contributed by atoms with Crippen LogP contribution >= 0.6 is 0 Å². The zero-order valence-electron chi connectivity index (χ0n) is 12.2. The van der Waals surface area contributed by atoms with Gasteiger partial charge in [-0.3, -0.25) is 8.37 Å². The van der Waals surface area contributed by atoms with Gasteiger partial charge in [-0.2, -0.15) is 16.8 Å². The molecule has 0 saturated carbocycles. The van der Waals surface area contributed by atoms with Crippen molar-refractivity contribution in [3.8, 4) is 0 Å². The zero-order chi connectivity index (χ0) is 16.7. The molecule has 2 aliphatic rings. The van der Waals surface area contributed by atoms with E-state index in [1.54, 1.807) is 0 Å². The van der Waals surface area contributed by atoms with Gasteiger partial charge in [-0.1, -0.05) is 0 Å². The van der Waals surface area contributed by atoms with Crippen molar-refractivity contribution in [3.05, 3.63) is 0 Å². The summed E-state index contributed by atoms with van der Waals surface area (Å²) in [6, 6.07) is -0.755. The molecule has 0 spiro atoms. The molecule has 2 fully saturated rings. The van der Waals surface area contributed by atoms with Crippen molar-refractivity contribution in [1.29, 1.82) is 0 Å². The molecule has 2 aliphatic heterocycles. The fourth-order valence-corrected chi connectivity index (χ4v) is 4.24. The Labute approximate surface area is 129 Å². The molecule has 128 valence electrons. The Morgan fingerprint density at radius 1 is 1.00 bits per heavy atom. The van der Waals surface area contributed by atoms with Crippen LogP contribution in [0.3, 0.4) is 0 Å². The van der Waals surface area contributed by atoms with E-state index < -0.39 is 38.2 Å². The molecule has 0 radical (unpaired) electrons. The molecule has 4 unspecified atom stereocenters. The minimum atomic E-state index is -3.66. The Kier molecular flexibility index (Phi) is 4.71. The van der Waals surface area contributed by atoms with Crippen LogP contribution in [0.1, 0.15) is 12.8 Å². The Balaban J connectivity index is 2.17. The number of fused-ring (bicyclic) bond motifs is 2. The summed E-state index contributed by atoms with van der Waals surface area (Å²) in [6.07, 6.45) is 1.93. The highest BCUT2D eigenvalue weighted by atomic mass is 32.2. The maximum absolute atomic E-state index is 11.4. The highest BCUT2D eigenvalue weighted by Gasteiger charge is 2.55. The standard InChI is InChI=1S/C11H19NO8S2/c1-21(15,16)19-5-7-8(6-20-22(2,17)18)10-4-3-9(7)12(10)11(13)14/h7-10H,3-6H2,1-2H3,(H,13,14). The minimum Gasteiger partial charge on any atom is -0.465 e. The number of carboxylic acid groups (broad SMARTS) is 1. The van der Waals surface area contributed by atoms with Crippen molar-refractivity contribution >= 4 is 26.3 Å². The van der Waals surface area contributed by atoms with Gasteiger partial charge in [0.15, 0.2) is 0 Å². The third-order valence-electron chi connectivity index (χ3n) is 4.18. The van der Waals surface area contributed by atoms with E-state index in [0.29, 0.717) is 12.8 Å². The highest BCUT2D eigenvalue weighted by Crippen LogP contribution is 2.46. The van der Waals surface area contributed by atoms with Crippen molar-refractivity contribution in [2.45, 2.75) is 24.9 Å². The molecule has 2 bridgehead atoms. The van der Waals surface area contributed by atoms with Crippen LogP contribution in [-0.4, -0.2) is 70.7 Å². The van der Waals surface area contributed by atoms with Crippen LogP contribution in [-0.2, 0) is 28.6 Å². The van der Waals surface area contributed by atoms with Gasteiger partial charge in [0.25, 0.3) is 20.2 Å². The highest BCUT2D eigenvalue weighted by molar-refractivity contribution is 7.86. The normalized spacial score (nSPS) is 31.6. The van der Waals surface area contributed by atoms with Crippen LogP contribution in [0.4, 0.5) is 4.79 Å². The first-order valence-corrected chi connectivity index (χ1v) is 10.3. The summed E-state index contributed by atoms with van der Waals surface area (Å²) in [5.41, 5.74) is 0. The fraction of sp³-hybridized carbons (Fsp3) is 0.909. The van der Waals surface area contributed by atoms with E-state index in [-0.39, 0.29) is 25.3 Å². The van der Waals surface area contributed by atoms with Gasteiger partial charge in [-0.25, -0.2) is 4.79 Å². The van der Waals surface area contributed by atoms with Crippen molar-refractivity contribution < 1.29 is 35.1 Å². The number of nitrogens with zero attached hydrogens (tertiary/aromatic N) is 1. The molecular formula is C11H19NO8S2. The second-order valence-electron chi connectivity index (χ2n) is 5.71. The van der Waals surface area contributed by atoms with Crippen molar-refractivity contribution in [3.63, 3.8) is 0 Å². The summed E-state index contributed by atoms with van der Waals surface area (Å²) in [4.78, 5) is 12.6. The Hall–Kier alpha value is -0.910. The molecule has 11 heteroatoms. The lowest BCUT2D eigenvalue weighted by Crippen LogP contribution is -2.36. The van der Waals surface area contributed by atoms with Crippen LogP contribution in [0.5, 0.6) is 0 Å². The molecule has 2 heterocycles. The van der Waals surface area contributed by atoms with Crippen LogP contribution in [0.2, 0.25) is 0 Å². The third-order valence-corrected chi connectivity index (χ3v) is 5.31.